The minimum atomic E-state index is -0.443. The molecule has 0 saturated heterocycles. The van der Waals surface area contributed by atoms with Crippen LogP contribution in [-0.4, -0.2) is 34.2 Å². The maximum Gasteiger partial charge on any atom is 0.358 e. The van der Waals surface area contributed by atoms with Crippen molar-refractivity contribution < 1.29 is 14.3 Å². The first-order valence-corrected chi connectivity index (χ1v) is 6.24. The number of carbonyl (C=O) groups excluding carboxylic acids is 1. The number of rotatable bonds is 6. The van der Waals surface area contributed by atoms with Crippen molar-refractivity contribution in [1.29, 1.82) is 0 Å². The summed E-state index contributed by atoms with van der Waals surface area (Å²) in [7, 11) is 0. The first kappa shape index (κ1) is 13.9. The Morgan fingerprint density at radius 3 is 3.05 bits per heavy atom. The lowest BCUT2D eigenvalue weighted by molar-refractivity contribution is 0.0510. The fourth-order valence-electron chi connectivity index (χ4n) is 1.64. The van der Waals surface area contributed by atoms with Gasteiger partial charge in [-0.25, -0.2) is 9.48 Å². The van der Waals surface area contributed by atoms with Gasteiger partial charge < -0.3 is 15.2 Å². The maximum atomic E-state index is 11.6. The molecular weight excluding hydrogens is 260 g/mol. The van der Waals surface area contributed by atoms with Gasteiger partial charge in [0.05, 0.1) is 19.3 Å². The molecule has 0 fully saturated rings. The average molecular weight is 276 g/mol. The van der Waals surface area contributed by atoms with Gasteiger partial charge in [-0.2, -0.15) is 0 Å². The molecule has 2 rings (SSSR count). The van der Waals surface area contributed by atoms with Gasteiger partial charge in [0.15, 0.2) is 5.69 Å². The number of ether oxygens (including phenoxy) is 2. The molecule has 0 radical (unpaired) electrons. The van der Waals surface area contributed by atoms with E-state index in [1.165, 1.54) is 10.9 Å². The Kier molecular flexibility index (Phi) is 4.54. The van der Waals surface area contributed by atoms with Crippen LogP contribution in [0.25, 0.3) is 0 Å². The molecule has 0 aliphatic carbocycles. The van der Waals surface area contributed by atoms with Crippen LogP contribution in [0.2, 0.25) is 0 Å². The van der Waals surface area contributed by atoms with Gasteiger partial charge in [-0.15, -0.1) is 5.10 Å². The van der Waals surface area contributed by atoms with Gasteiger partial charge in [0.25, 0.3) is 0 Å². The molecule has 7 heteroatoms. The van der Waals surface area contributed by atoms with Crippen LogP contribution in [0.4, 0.5) is 5.69 Å². The Morgan fingerprint density at radius 2 is 2.30 bits per heavy atom. The number of carbonyl (C=O) groups is 1. The summed E-state index contributed by atoms with van der Waals surface area (Å²) in [5.74, 6) is 0.226. The van der Waals surface area contributed by atoms with Crippen LogP contribution in [-0.2, 0) is 11.3 Å². The second-order valence-corrected chi connectivity index (χ2v) is 3.98. The van der Waals surface area contributed by atoms with Gasteiger partial charge in [-0.05, 0) is 19.1 Å². The molecular formula is C13H16N4O3. The smallest absolute Gasteiger partial charge is 0.358 e. The molecule has 1 aromatic carbocycles. The number of aromatic nitrogens is 3. The van der Waals surface area contributed by atoms with E-state index in [1.54, 1.807) is 19.1 Å². The third kappa shape index (κ3) is 3.47. The number of benzene rings is 1. The topological polar surface area (TPSA) is 92.3 Å². The Bertz CT molecular complexity index is 583. The van der Waals surface area contributed by atoms with Crippen LogP contribution in [0, 0.1) is 0 Å². The van der Waals surface area contributed by atoms with Crippen molar-refractivity contribution in [2.75, 3.05) is 18.9 Å². The van der Waals surface area contributed by atoms with Gasteiger partial charge in [-0.1, -0.05) is 11.3 Å². The highest BCUT2D eigenvalue weighted by Gasteiger charge is 2.13. The number of nitrogen functional groups attached to an aromatic ring is 1. The Balaban J connectivity index is 1.91. The first-order valence-electron chi connectivity index (χ1n) is 6.24. The van der Waals surface area contributed by atoms with E-state index in [0.717, 1.165) is 0 Å². The minimum absolute atomic E-state index is 0.308. The van der Waals surface area contributed by atoms with Crippen LogP contribution in [0.1, 0.15) is 17.4 Å². The maximum absolute atomic E-state index is 11.6. The fourth-order valence-corrected chi connectivity index (χ4v) is 1.64. The summed E-state index contributed by atoms with van der Waals surface area (Å²) in [5.41, 5.74) is 6.60. The predicted octanol–water partition coefficient (Wildman–Crippen LogP) is 1.12. The molecule has 0 atom stereocenters. The number of nitrogens with two attached hydrogens (primary N) is 1. The zero-order valence-electron chi connectivity index (χ0n) is 11.2. The van der Waals surface area contributed by atoms with E-state index in [2.05, 4.69) is 10.3 Å². The summed E-state index contributed by atoms with van der Waals surface area (Å²) in [4.78, 5) is 11.6. The van der Waals surface area contributed by atoms with Gasteiger partial charge in [0, 0.05) is 11.8 Å². The van der Waals surface area contributed by atoms with E-state index in [0.29, 0.717) is 36.9 Å². The van der Waals surface area contributed by atoms with Crippen LogP contribution in [0.15, 0.2) is 30.5 Å². The number of hydrogen-bond acceptors (Lipinski definition) is 6. The van der Waals surface area contributed by atoms with E-state index >= 15 is 0 Å². The van der Waals surface area contributed by atoms with Crippen molar-refractivity contribution in [1.82, 2.24) is 15.0 Å². The molecule has 1 aromatic heterocycles. The van der Waals surface area contributed by atoms with E-state index in [9.17, 15) is 4.79 Å². The summed E-state index contributed by atoms with van der Waals surface area (Å²) in [5, 5.41) is 7.53. The molecule has 0 saturated carbocycles. The summed E-state index contributed by atoms with van der Waals surface area (Å²) in [6, 6.07) is 7.13. The Morgan fingerprint density at radius 1 is 1.45 bits per heavy atom. The normalized spacial score (nSPS) is 10.2. The van der Waals surface area contributed by atoms with Crippen molar-refractivity contribution >= 4 is 11.7 Å². The number of anilines is 1. The highest BCUT2D eigenvalue weighted by molar-refractivity contribution is 5.87. The summed E-state index contributed by atoms with van der Waals surface area (Å²) in [6.07, 6.45) is 1.37. The lowest BCUT2D eigenvalue weighted by atomic mass is 10.3. The average Bonchev–Trinajstić information content (AvgIpc) is 2.87. The molecule has 106 valence electrons. The monoisotopic (exact) mass is 276 g/mol. The molecule has 7 nitrogen and oxygen atoms in total. The summed E-state index contributed by atoms with van der Waals surface area (Å²) < 4.78 is 11.9. The molecule has 0 aliphatic heterocycles. The van der Waals surface area contributed by atoms with E-state index in [1.807, 2.05) is 12.1 Å². The molecule has 0 spiro atoms. The zero-order chi connectivity index (χ0) is 14.4. The molecule has 0 aliphatic rings. The third-order valence-electron chi connectivity index (χ3n) is 2.53. The molecule has 20 heavy (non-hydrogen) atoms. The van der Waals surface area contributed by atoms with Gasteiger partial charge in [0.2, 0.25) is 0 Å². The quantitative estimate of drug-likeness (QED) is 0.627. The molecule has 1 heterocycles. The lowest BCUT2D eigenvalue weighted by Gasteiger charge is -2.08. The van der Waals surface area contributed by atoms with Crippen molar-refractivity contribution in [2.24, 2.45) is 0 Å². The highest BCUT2D eigenvalue weighted by Crippen LogP contribution is 2.14. The second-order valence-electron chi connectivity index (χ2n) is 3.98. The van der Waals surface area contributed by atoms with Crippen molar-refractivity contribution in [3.63, 3.8) is 0 Å². The van der Waals surface area contributed by atoms with Gasteiger partial charge in [-0.3, -0.25) is 0 Å². The highest BCUT2D eigenvalue weighted by atomic mass is 16.5. The van der Waals surface area contributed by atoms with E-state index < -0.39 is 5.97 Å². The Hall–Kier alpha value is -2.57. The fraction of sp³-hybridized carbons (Fsp3) is 0.308. The van der Waals surface area contributed by atoms with Crippen LogP contribution in [0.3, 0.4) is 0 Å². The Labute approximate surface area is 116 Å². The van der Waals surface area contributed by atoms with Crippen LogP contribution >= 0.6 is 0 Å². The first-order chi connectivity index (χ1) is 9.70. The lowest BCUT2D eigenvalue weighted by Crippen LogP contribution is -2.17. The van der Waals surface area contributed by atoms with Crippen molar-refractivity contribution in [3.05, 3.63) is 36.2 Å². The molecule has 2 N–H and O–H groups in total. The molecule has 0 bridgehead atoms. The van der Waals surface area contributed by atoms with Gasteiger partial charge in [0.1, 0.15) is 12.4 Å². The zero-order valence-corrected chi connectivity index (χ0v) is 11.2. The SMILES string of the molecule is CCOC(=O)c1cnnn1CCOc1cccc(N)c1. The van der Waals surface area contributed by atoms with Gasteiger partial charge >= 0.3 is 5.97 Å². The van der Waals surface area contributed by atoms with Crippen LogP contribution < -0.4 is 10.5 Å². The number of hydrogen-bond donors (Lipinski definition) is 1. The third-order valence-corrected chi connectivity index (χ3v) is 2.53. The largest absolute Gasteiger partial charge is 0.492 e. The number of nitrogens with zero attached hydrogens (tertiary/aromatic N) is 3. The second kappa shape index (κ2) is 6.55. The standard InChI is InChI=1S/C13H16N4O3/c1-2-19-13(18)12-9-15-16-17(12)6-7-20-11-5-3-4-10(14)8-11/h3-5,8-9H,2,6-7,14H2,1H3. The predicted molar refractivity (Wildman–Crippen MR) is 72.3 cm³/mol. The van der Waals surface area contributed by atoms with Crippen molar-refractivity contribution in [2.45, 2.75) is 13.5 Å². The summed E-state index contributed by atoms with van der Waals surface area (Å²) >= 11 is 0. The van der Waals surface area contributed by atoms with Crippen LogP contribution in [0.5, 0.6) is 5.75 Å². The summed E-state index contributed by atoms with van der Waals surface area (Å²) in [6.45, 7) is 2.79. The minimum Gasteiger partial charge on any atom is -0.492 e. The molecule has 0 amide bonds. The number of esters is 1. The van der Waals surface area contributed by atoms with Crippen molar-refractivity contribution in [3.8, 4) is 5.75 Å². The molecule has 0 unspecified atom stereocenters. The molecule has 2 aromatic rings. The van der Waals surface area contributed by atoms with E-state index in [4.69, 9.17) is 15.2 Å². The van der Waals surface area contributed by atoms with E-state index in [-0.39, 0.29) is 0 Å².